The van der Waals surface area contributed by atoms with E-state index in [2.05, 4.69) is 11.5 Å². The number of amides is 1. The van der Waals surface area contributed by atoms with Crippen molar-refractivity contribution in [3.8, 4) is 16.9 Å². The van der Waals surface area contributed by atoms with E-state index in [1.165, 1.54) is 0 Å². The van der Waals surface area contributed by atoms with Crippen LogP contribution in [0, 0.1) is 48.5 Å². The Labute approximate surface area is 353 Å². The second-order valence-corrected chi connectivity index (χ2v) is 17.0. The van der Waals surface area contributed by atoms with Gasteiger partial charge in [0.15, 0.2) is 0 Å². The third-order valence-corrected chi connectivity index (χ3v) is 12.6. The van der Waals surface area contributed by atoms with Crippen LogP contribution in [0.15, 0.2) is 54.6 Å². The molecule has 1 aliphatic heterocycles. The molecule has 0 saturated heterocycles. The van der Waals surface area contributed by atoms with Crippen LogP contribution < -0.4 is 9.64 Å². The first-order valence-corrected chi connectivity index (χ1v) is 20.7. The number of halogens is 2. The third kappa shape index (κ3) is 6.96. The molecular weight excluding hydrogens is 783 g/mol. The fourth-order valence-corrected chi connectivity index (χ4v) is 9.55. The van der Waals surface area contributed by atoms with Crippen LogP contribution in [0.3, 0.4) is 0 Å². The number of hydrogen-bond donors (Lipinski definition) is 1. The van der Waals surface area contributed by atoms with Crippen LogP contribution in [0.2, 0.25) is 10.0 Å². The van der Waals surface area contributed by atoms with Crippen molar-refractivity contribution >= 4 is 62.6 Å². The van der Waals surface area contributed by atoms with Gasteiger partial charge in [0.05, 0.1) is 46.3 Å². The Balaban J connectivity index is 1.30. The van der Waals surface area contributed by atoms with Crippen LogP contribution in [0.25, 0.3) is 32.9 Å². The first-order valence-electron chi connectivity index (χ1n) is 19.9. The maximum absolute atomic E-state index is 15.5. The number of aromatic carboxylic acids is 1. The van der Waals surface area contributed by atoms with Crippen LogP contribution in [-0.4, -0.2) is 54.0 Å². The topological polar surface area (TPSA) is 107 Å². The summed E-state index contributed by atoms with van der Waals surface area (Å²) in [5.74, 6) is -0.461. The smallest absolute Gasteiger partial charge is 0.352 e. The fourth-order valence-electron chi connectivity index (χ4n) is 9.19. The van der Waals surface area contributed by atoms with Gasteiger partial charge in [0.25, 0.3) is 5.91 Å². The van der Waals surface area contributed by atoms with Gasteiger partial charge in [-0.1, -0.05) is 29.3 Å². The number of pyridine rings is 1. The predicted molar refractivity (Wildman–Crippen MR) is 236 cm³/mol. The van der Waals surface area contributed by atoms with Gasteiger partial charge in [-0.05, 0) is 145 Å². The van der Waals surface area contributed by atoms with Gasteiger partial charge in [0.2, 0.25) is 0 Å². The molecule has 1 aliphatic rings. The van der Waals surface area contributed by atoms with E-state index >= 15 is 4.79 Å². The van der Waals surface area contributed by atoms with Crippen LogP contribution in [0.4, 0.5) is 5.69 Å². The zero-order valence-electron chi connectivity index (χ0n) is 34.9. The van der Waals surface area contributed by atoms with Gasteiger partial charge in [-0.3, -0.25) is 14.5 Å². The largest absolute Gasteiger partial charge is 0.494 e. The van der Waals surface area contributed by atoms with Gasteiger partial charge in [0.1, 0.15) is 17.1 Å². The molecule has 12 heteroatoms. The average Bonchev–Trinajstić information content (AvgIpc) is 3.78. The molecule has 0 spiro atoms. The number of aromatic nitrogens is 5. The number of nitrogens with zero attached hydrogens (tertiary/aromatic N) is 6. The van der Waals surface area contributed by atoms with Crippen LogP contribution >= 0.6 is 23.2 Å². The van der Waals surface area contributed by atoms with Gasteiger partial charge in [-0.2, -0.15) is 5.10 Å². The molecule has 10 nitrogen and oxygen atoms in total. The summed E-state index contributed by atoms with van der Waals surface area (Å²) >= 11 is 13.6. The number of anilines is 1. The summed E-state index contributed by atoms with van der Waals surface area (Å²) in [5.41, 5.74) is 13.0. The van der Waals surface area contributed by atoms with E-state index in [0.29, 0.717) is 47.9 Å². The highest BCUT2D eigenvalue weighted by Crippen LogP contribution is 2.46. The van der Waals surface area contributed by atoms with E-state index in [4.69, 9.17) is 38.0 Å². The SMILES string of the molecule is Cc1cc(C)nc(Cn2c(C(=O)O)cc3cc(C)cc(N4C[C@@H](C)n5c(c(CCCOc6cc(C)c(Cl)c(C)c6)c6ccc(Cl)c(-c7c(C)nn(C)c7C)c65)C4=O)c32)c1. The lowest BCUT2D eigenvalue weighted by Crippen LogP contribution is -2.43. The molecule has 1 amide bonds. The number of hydrogen-bond acceptors (Lipinski definition) is 5. The summed E-state index contributed by atoms with van der Waals surface area (Å²) in [6.07, 6.45) is 1.20. The molecular formula is C47H48Cl2N6O4. The van der Waals surface area contributed by atoms with Crippen molar-refractivity contribution in [2.75, 3.05) is 18.1 Å². The van der Waals surface area contributed by atoms with Crippen molar-refractivity contribution in [2.45, 2.75) is 80.8 Å². The minimum absolute atomic E-state index is 0.132. The summed E-state index contributed by atoms with van der Waals surface area (Å²) in [6, 6.07) is 17.3. The lowest BCUT2D eigenvalue weighted by Gasteiger charge is -2.35. The predicted octanol–water partition coefficient (Wildman–Crippen LogP) is 10.8. The van der Waals surface area contributed by atoms with E-state index in [1.54, 1.807) is 10.6 Å². The zero-order valence-corrected chi connectivity index (χ0v) is 36.4. The minimum atomic E-state index is -1.05. The maximum atomic E-state index is 15.5. The monoisotopic (exact) mass is 830 g/mol. The number of carboxylic acid groups (broad SMARTS) is 1. The van der Waals surface area contributed by atoms with E-state index in [1.807, 2.05) is 114 Å². The van der Waals surface area contributed by atoms with Gasteiger partial charge in [-0.15, -0.1) is 0 Å². The normalized spacial score (nSPS) is 14.2. The van der Waals surface area contributed by atoms with E-state index in [9.17, 15) is 9.90 Å². The number of ether oxygens (including phenoxy) is 1. The number of rotatable bonds is 10. The summed E-state index contributed by atoms with van der Waals surface area (Å²) in [4.78, 5) is 35.0. The molecule has 8 rings (SSSR count). The third-order valence-electron chi connectivity index (χ3n) is 11.7. The molecule has 0 unspecified atom stereocenters. The highest BCUT2D eigenvalue weighted by atomic mass is 35.5. The van der Waals surface area contributed by atoms with Gasteiger partial charge < -0.3 is 23.9 Å². The number of aryl methyl sites for hydroxylation is 8. The molecule has 7 aromatic rings. The Morgan fingerprint density at radius 2 is 1.63 bits per heavy atom. The van der Waals surface area contributed by atoms with Crippen LogP contribution in [0.1, 0.15) is 91.0 Å². The van der Waals surface area contributed by atoms with Crippen LogP contribution in [0.5, 0.6) is 5.75 Å². The van der Waals surface area contributed by atoms with Crippen molar-refractivity contribution in [2.24, 2.45) is 7.05 Å². The molecule has 0 bridgehead atoms. The molecule has 304 valence electrons. The Hall–Kier alpha value is -5.58. The summed E-state index contributed by atoms with van der Waals surface area (Å²) in [7, 11) is 1.93. The summed E-state index contributed by atoms with van der Waals surface area (Å²) in [6.45, 7) is 17.0. The molecule has 0 fully saturated rings. The summed E-state index contributed by atoms with van der Waals surface area (Å²) < 4.78 is 12.1. The van der Waals surface area contributed by atoms with Crippen molar-refractivity contribution in [1.29, 1.82) is 0 Å². The van der Waals surface area contributed by atoms with Gasteiger partial charge >= 0.3 is 5.97 Å². The highest BCUT2D eigenvalue weighted by Gasteiger charge is 2.38. The van der Waals surface area contributed by atoms with E-state index < -0.39 is 5.97 Å². The Morgan fingerprint density at radius 3 is 2.29 bits per heavy atom. The molecule has 1 N–H and O–H groups in total. The minimum Gasteiger partial charge on any atom is -0.494 e. The Kier molecular flexibility index (Phi) is 10.4. The van der Waals surface area contributed by atoms with Crippen molar-refractivity contribution in [3.63, 3.8) is 0 Å². The number of carbonyl (C=O) groups is 2. The molecule has 0 radical (unpaired) electrons. The number of fused-ring (bicyclic) bond motifs is 4. The number of carboxylic acids is 1. The zero-order chi connectivity index (χ0) is 42.2. The lowest BCUT2D eigenvalue weighted by molar-refractivity contribution is 0.0686. The van der Waals surface area contributed by atoms with E-state index in [-0.39, 0.29) is 24.2 Å². The maximum Gasteiger partial charge on any atom is 0.352 e. The molecule has 0 saturated carbocycles. The number of benzene rings is 3. The van der Waals surface area contributed by atoms with Gasteiger partial charge in [-0.25, -0.2) is 4.79 Å². The molecule has 4 aromatic heterocycles. The standard InChI is InChI=1S/C47H48Cl2N6O4/c1-24-15-28(5)50-33(17-24)23-53-39(47(57)58)21-32-16-25(2)18-38(43(32)53)54-22-29(6)55-44-36(12-13-37(48)41(44)40-30(7)51-52(9)31(40)8)35(45(55)46(54)56)11-10-14-59-34-19-26(3)42(49)27(4)20-34/h12-13,15-21,29H,10-11,14,22-23H2,1-9H3,(H,57,58)/t29-/m1/s1. The molecule has 3 aromatic carbocycles. The van der Waals surface area contributed by atoms with Crippen molar-refractivity contribution in [1.82, 2.24) is 23.9 Å². The van der Waals surface area contributed by atoms with Crippen LogP contribution in [-0.2, 0) is 20.0 Å². The summed E-state index contributed by atoms with van der Waals surface area (Å²) in [5, 5.41) is 18.3. The average molecular weight is 832 g/mol. The Morgan fingerprint density at radius 1 is 0.915 bits per heavy atom. The lowest BCUT2D eigenvalue weighted by atomic mass is 9.98. The second kappa shape index (κ2) is 15.2. The Bertz CT molecular complexity index is 2840. The molecule has 0 aliphatic carbocycles. The molecule has 59 heavy (non-hydrogen) atoms. The second-order valence-electron chi connectivity index (χ2n) is 16.2. The van der Waals surface area contributed by atoms with Crippen molar-refractivity contribution < 1.29 is 19.4 Å². The molecule has 5 heterocycles. The molecule has 1 atom stereocenters. The van der Waals surface area contributed by atoms with E-state index in [0.717, 1.165) is 88.8 Å². The fraction of sp³-hybridized carbons (Fsp3) is 0.319. The van der Waals surface area contributed by atoms with Crippen molar-refractivity contribution in [3.05, 3.63) is 127 Å². The number of carbonyl (C=O) groups excluding carboxylic acids is 1. The first-order chi connectivity index (χ1) is 28.0. The van der Waals surface area contributed by atoms with Gasteiger partial charge in [0, 0.05) is 57.9 Å². The quantitative estimate of drug-likeness (QED) is 0.138. The first kappa shape index (κ1) is 40.2. The highest BCUT2D eigenvalue weighted by molar-refractivity contribution is 6.35.